The lowest BCUT2D eigenvalue weighted by Crippen LogP contribution is -2.07. The topological polar surface area (TPSA) is 60.2 Å². The van der Waals surface area contributed by atoms with Crippen molar-refractivity contribution in [2.45, 2.75) is 33.4 Å². The van der Waals surface area contributed by atoms with E-state index in [4.69, 9.17) is 10.5 Å². The van der Waals surface area contributed by atoms with Gasteiger partial charge in [0.25, 0.3) is 0 Å². The molecule has 0 fully saturated rings. The Morgan fingerprint density at radius 1 is 1.30 bits per heavy atom. The Balaban J connectivity index is 2.09. The predicted octanol–water partition coefficient (Wildman–Crippen LogP) is 3.37. The van der Waals surface area contributed by atoms with Crippen LogP contribution in [-0.4, -0.2) is 11.1 Å². The van der Waals surface area contributed by atoms with E-state index in [1.165, 1.54) is 11.1 Å². The summed E-state index contributed by atoms with van der Waals surface area (Å²) in [6.45, 7) is 6.78. The van der Waals surface area contributed by atoms with Gasteiger partial charge >= 0.3 is 0 Å². The number of benzene rings is 1. The molecule has 106 valence electrons. The molecule has 1 aromatic carbocycles. The molecule has 0 aliphatic rings. The Kier molecular flexibility index (Phi) is 4.45. The number of nitrogens with zero attached hydrogens (tertiary/aromatic N) is 1. The van der Waals surface area contributed by atoms with E-state index in [1.807, 2.05) is 44.3 Å². The minimum Gasteiger partial charge on any atom is -0.491 e. The van der Waals surface area contributed by atoms with E-state index in [1.54, 1.807) is 6.20 Å². The lowest BCUT2D eigenvalue weighted by Gasteiger charge is -2.14. The molecule has 20 heavy (non-hydrogen) atoms. The highest BCUT2D eigenvalue weighted by atomic mass is 16.5. The van der Waals surface area contributed by atoms with Gasteiger partial charge in [0.15, 0.2) is 0 Å². The minimum absolute atomic E-state index is 0.130. The van der Waals surface area contributed by atoms with E-state index in [0.717, 1.165) is 11.4 Å². The molecular formula is C16H21N3O. The van der Waals surface area contributed by atoms with Crippen LogP contribution in [0, 0.1) is 6.92 Å². The highest BCUT2D eigenvalue weighted by Gasteiger charge is 2.03. The summed E-state index contributed by atoms with van der Waals surface area (Å²) < 4.78 is 5.68. The van der Waals surface area contributed by atoms with Crippen LogP contribution >= 0.6 is 0 Å². The molecule has 1 heterocycles. The molecule has 1 aromatic heterocycles. The van der Waals surface area contributed by atoms with E-state index in [9.17, 15) is 0 Å². The fourth-order valence-electron chi connectivity index (χ4n) is 1.94. The summed E-state index contributed by atoms with van der Waals surface area (Å²) in [7, 11) is 0. The summed E-state index contributed by atoms with van der Waals surface area (Å²) in [6, 6.07) is 7.70. The predicted molar refractivity (Wildman–Crippen MR) is 82.9 cm³/mol. The van der Waals surface area contributed by atoms with E-state index < -0.39 is 0 Å². The molecule has 0 radical (unpaired) electrons. The third-order valence-electron chi connectivity index (χ3n) is 2.93. The number of ether oxygens (including phenoxy) is 1. The van der Waals surface area contributed by atoms with Crippen molar-refractivity contribution in [3.8, 4) is 5.75 Å². The summed E-state index contributed by atoms with van der Waals surface area (Å²) >= 11 is 0. The van der Waals surface area contributed by atoms with E-state index in [2.05, 4.69) is 17.2 Å². The SMILES string of the molecule is Cc1ccncc1CNc1cc(N)cc(OC(C)C)c1. The van der Waals surface area contributed by atoms with Crippen LogP contribution in [0.2, 0.25) is 0 Å². The molecular weight excluding hydrogens is 250 g/mol. The number of nitrogens with one attached hydrogen (secondary N) is 1. The van der Waals surface area contributed by atoms with Crippen LogP contribution in [-0.2, 0) is 6.54 Å². The Morgan fingerprint density at radius 3 is 2.80 bits per heavy atom. The molecule has 2 aromatic rings. The molecule has 0 amide bonds. The molecule has 0 atom stereocenters. The summed E-state index contributed by atoms with van der Waals surface area (Å²) in [5, 5.41) is 3.36. The maximum absolute atomic E-state index is 5.90. The highest BCUT2D eigenvalue weighted by molar-refractivity contribution is 5.59. The van der Waals surface area contributed by atoms with Crippen LogP contribution in [0.1, 0.15) is 25.0 Å². The van der Waals surface area contributed by atoms with Gasteiger partial charge in [-0.25, -0.2) is 0 Å². The molecule has 0 spiro atoms. The van der Waals surface area contributed by atoms with Crippen molar-refractivity contribution >= 4 is 11.4 Å². The van der Waals surface area contributed by atoms with Gasteiger partial charge in [0.2, 0.25) is 0 Å². The van der Waals surface area contributed by atoms with E-state index in [-0.39, 0.29) is 6.10 Å². The average Bonchev–Trinajstić information content (AvgIpc) is 2.36. The van der Waals surface area contributed by atoms with Crippen LogP contribution in [0.15, 0.2) is 36.7 Å². The summed E-state index contributed by atoms with van der Waals surface area (Å²) in [4.78, 5) is 4.14. The number of aryl methyl sites for hydroxylation is 1. The molecule has 4 nitrogen and oxygen atoms in total. The van der Waals surface area contributed by atoms with Crippen molar-refractivity contribution in [1.29, 1.82) is 0 Å². The molecule has 0 aliphatic heterocycles. The Labute approximate surface area is 120 Å². The number of aromatic nitrogens is 1. The number of hydrogen-bond acceptors (Lipinski definition) is 4. The first kappa shape index (κ1) is 14.2. The van der Waals surface area contributed by atoms with Gasteiger partial charge in [-0.05, 0) is 44.0 Å². The second-order valence-electron chi connectivity index (χ2n) is 5.11. The van der Waals surface area contributed by atoms with Crippen LogP contribution < -0.4 is 15.8 Å². The van der Waals surface area contributed by atoms with Gasteiger partial charge < -0.3 is 15.8 Å². The number of pyridine rings is 1. The molecule has 0 saturated heterocycles. The number of anilines is 2. The number of nitrogens with two attached hydrogens (primary N) is 1. The maximum Gasteiger partial charge on any atom is 0.123 e. The van der Waals surface area contributed by atoms with Gasteiger partial charge in [0.1, 0.15) is 5.75 Å². The first-order valence-corrected chi connectivity index (χ1v) is 6.75. The summed E-state index contributed by atoms with van der Waals surface area (Å²) in [5.41, 5.74) is 9.92. The zero-order chi connectivity index (χ0) is 14.5. The van der Waals surface area contributed by atoms with Crippen LogP contribution in [0.4, 0.5) is 11.4 Å². The van der Waals surface area contributed by atoms with Crippen molar-refractivity contribution in [3.05, 3.63) is 47.8 Å². The molecule has 2 rings (SSSR count). The van der Waals surface area contributed by atoms with Crippen LogP contribution in [0.25, 0.3) is 0 Å². The van der Waals surface area contributed by atoms with Crippen molar-refractivity contribution in [2.24, 2.45) is 0 Å². The van der Waals surface area contributed by atoms with Crippen LogP contribution in [0.3, 0.4) is 0 Å². The average molecular weight is 271 g/mol. The number of rotatable bonds is 5. The van der Waals surface area contributed by atoms with Crippen molar-refractivity contribution in [1.82, 2.24) is 4.98 Å². The first-order valence-electron chi connectivity index (χ1n) is 6.75. The summed E-state index contributed by atoms with van der Waals surface area (Å²) in [5.74, 6) is 0.783. The second kappa shape index (κ2) is 6.28. The smallest absolute Gasteiger partial charge is 0.123 e. The molecule has 0 unspecified atom stereocenters. The lowest BCUT2D eigenvalue weighted by molar-refractivity contribution is 0.242. The fourth-order valence-corrected chi connectivity index (χ4v) is 1.94. The summed E-state index contributed by atoms with van der Waals surface area (Å²) in [6.07, 6.45) is 3.80. The maximum atomic E-state index is 5.90. The van der Waals surface area contributed by atoms with E-state index >= 15 is 0 Å². The Bertz CT molecular complexity index is 582. The molecule has 3 N–H and O–H groups in total. The standard InChI is InChI=1S/C16H21N3O/c1-11(2)20-16-7-14(17)6-15(8-16)19-10-13-9-18-5-4-12(13)3/h4-9,11,19H,10,17H2,1-3H3. The third-order valence-corrected chi connectivity index (χ3v) is 2.93. The monoisotopic (exact) mass is 271 g/mol. The van der Waals surface area contributed by atoms with Gasteiger partial charge in [0.05, 0.1) is 6.10 Å². The zero-order valence-electron chi connectivity index (χ0n) is 12.2. The molecule has 0 aliphatic carbocycles. The lowest BCUT2D eigenvalue weighted by atomic mass is 10.1. The molecule has 4 heteroatoms. The Morgan fingerprint density at radius 2 is 2.10 bits per heavy atom. The minimum atomic E-state index is 0.130. The van der Waals surface area contributed by atoms with Crippen LogP contribution in [0.5, 0.6) is 5.75 Å². The highest BCUT2D eigenvalue weighted by Crippen LogP contribution is 2.24. The van der Waals surface area contributed by atoms with Gasteiger partial charge in [0, 0.05) is 42.4 Å². The van der Waals surface area contributed by atoms with Gasteiger partial charge in [-0.1, -0.05) is 0 Å². The quantitative estimate of drug-likeness (QED) is 0.818. The van der Waals surface area contributed by atoms with Crippen molar-refractivity contribution in [2.75, 3.05) is 11.1 Å². The number of nitrogen functional groups attached to an aromatic ring is 1. The van der Waals surface area contributed by atoms with Gasteiger partial charge in [-0.3, -0.25) is 4.98 Å². The fraction of sp³-hybridized carbons (Fsp3) is 0.312. The first-order chi connectivity index (χ1) is 9.54. The molecule has 0 saturated carbocycles. The zero-order valence-corrected chi connectivity index (χ0v) is 12.2. The van der Waals surface area contributed by atoms with Gasteiger partial charge in [-0.2, -0.15) is 0 Å². The Hall–Kier alpha value is -2.23. The molecule has 0 bridgehead atoms. The normalized spacial score (nSPS) is 10.6. The van der Waals surface area contributed by atoms with Crippen molar-refractivity contribution in [3.63, 3.8) is 0 Å². The van der Waals surface area contributed by atoms with E-state index in [0.29, 0.717) is 12.2 Å². The largest absolute Gasteiger partial charge is 0.491 e. The second-order valence-corrected chi connectivity index (χ2v) is 5.11. The third kappa shape index (κ3) is 3.88. The number of hydrogen-bond donors (Lipinski definition) is 2. The van der Waals surface area contributed by atoms with Crippen molar-refractivity contribution < 1.29 is 4.74 Å². The van der Waals surface area contributed by atoms with Gasteiger partial charge in [-0.15, -0.1) is 0 Å².